The van der Waals surface area contributed by atoms with Crippen LogP contribution >= 0.6 is 23.4 Å². The molecule has 0 aromatic carbocycles. The summed E-state index contributed by atoms with van der Waals surface area (Å²) < 4.78 is 1.93. The van der Waals surface area contributed by atoms with E-state index in [9.17, 15) is 0 Å². The van der Waals surface area contributed by atoms with Gasteiger partial charge in [0.2, 0.25) is 0 Å². The largest absolute Gasteiger partial charge is 0.313 e. The number of thioether (sulfide) groups is 1. The molecule has 1 aromatic rings. The molecule has 104 valence electrons. The molecule has 1 atom stereocenters. The van der Waals surface area contributed by atoms with E-state index in [0.29, 0.717) is 6.04 Å². The Balaban J connectivity index is 2.76. The third kappa shape index (κ3) is 4.18. The monoisotopic (exact) mass is 289 g/mol. The third-order valence-corrected chi connectivity index (χ3v) is 4.17. The summed E-state index contributed by atoms with van der Waals surface area (Å²) in [5.41, 5.74) is 2.16. The number of hydrogen-bond donors (Lipinski definition) is 1. The van der Waals surface area contributed by atoms with Crippen molar-refractivity contribution >= 4 is 23.4 Å². The summed E-state index contributed by atoms with van der Waals surface area (Å²) in [5.74, 6) is 1.10. The summed E-state index contributed by atoms with van der Waals surface area (Å²) >= 11 is 8.26. The molecular formula is C13H24ClN3S. The van der Waals surface area contributed by atoms with E-state index in [-0.39, 0.29) is 0 Å². The Labute approximate surface area is 120 Å². The molecule has 0 spiro atoms. The highest BCUT2D eigenvalue weighted by atomic mass is 35.5. The molecule has 0 aliphatic rings. The van der Waals surface area contributed by atoms with Crippen molar-refractivity contribution in [1.82, 2.24) is 15.1 Å². The Hall–Kier alpha value is -0.190. The molecule has 1 aromatic heterocycles. The molecule has 0 saturated carbocycles. The highest BCUT2D eigenvalue weighted by Crippen LogP contribution is 2.22. The minimum absolute atomic E-state index is 0.470. The van der Waals surface area contributed by atoms with Crippen LogP contribution in [-0.2, 0) is 19.9 Å². The van der Waals surface area contributed by atoms with Crippen molar-refractivity contribution in [3.05, 3.63) is 16.4 Å². The zero-order valence-corrected chi connectivity index (χ0v) is 13.4. The molecule has 0 amide bonds. The van der Waals surface area contributed by atoms with E-state index in [4.69, 9.17) is 11.6 Å². The van der Waals surface area contributed by atoms with Gasteiger partial charge in [0.1, 0.15) is 0 Å². The van der Waals surface area contributed by atoms with Crippen molar-refractivity contribution in [2.24, 2.45) is 7.05 Å². The molecule has 0 saturated heterocycles. The molecule has 0 aliphatic heterocycles. The van der Waals surface area contributed by atoms with Gasteiger partial charge in [0.05, 0.1) is 16.4 Å². The number of nitrogens with one attached hydrogen (secondary N) is 1. The lowest BCUT2D eigenvalue weighted by molar-refractivity contribution is 0.532. The summed E-state index contributed by atoms with van der Waals surface area (Å²) in [5, 5.41) is 8.90. The molecule has 0 fully saturated rings. The molecule has 0 bridgehead atoms. The maximum atomic E-state index is 6.39. The first-order valence-electron chi connectivity index (χ1n) is 6.56. The Bertz CT molecular complexity index is 365. The van der Waals surface area contributed by atoms with Crippen molar-refractivity contribution < 1.29 is 0 Å². The number of halogens is 1. The first-order valence-corrected chi connectivity index (χ1v) is 8.33. The van der Waals surface area contributed by atoms with Gasteiger partial charge in [0, 0.05) is 25.3 Å². The van der Waals surface area contributed by atoms with E-state index < -0.39 is 0 Å². The van der Waals surface area contributed by atoms with E-state index in [0.717, 1.165) is 48.0 Å². The van der Waals surface area contributed by atoms with Gasteiger partial charge in [-0.2, -0.15) is 16.9 Å². The lowest BCUT2D eigenvalue weighted by atomic mass is 10.1. The average molecular weight is 290 g/mol. The van der Waals surface area contributed by atoms with Crippen LogP contribution in [0, 0.1) is 0 Å². The molecular weight excluding hydrogens is 266 g/mol. The van der Waals surface area contributed by atoms with Crippen LogP contribution in [0.2, 0.25) is 5.02 Å². The summed E-state index contributed by atoms with van der Waals surface area (Å²) in [4.78, 5) is 0. The maximum absolute atomic E-state index is 6.39. The van der Waals surface area contributed by atoms with Gasteiger partial charge in [-0.05, 0) is 25.6 Å². The van der Waals surface area contributed by atoms with Crippen molar-refractivity contribution in [1.29, 1.82) is 0 Å². The maximum Gasteiger partial charge on any atom is 0.0850 e. The van der Waals surface area contributed by atoms with Crippen LogP contribution in [0.15, 0.2) is 0 Å². The van der Waals surface area contributed by atoms with E-state index in [2.05, 4.69) is 30.5 Å². The number of rotatable bonds is 8. The van der Waals surface area contributed by atoms with Crippen LogP contribution in [0.25, 0.3) is 0 Å². The molecule has 3 nitrogen and oxygen atoms in total. The predicted octanol–water partition coefficient (Wildman–Crippen LogP) is 2.91. The lowest BCUT2D eigenvalue weighted by Crippen LogP contribution is -2.34. The van der Waals surface area contributed by atoms with Gasteiger partial charge in [-0.25, -0.2) is 0 Å². The summed E-state index contributed by atoms with van der Waals surface area (Å²) in [6.45, 7) is 5.34. The van der Waals surface area contributed by atoms with E-state index in [1.165, 1.54) is 0 Å². The SMILES string of the molecule is CCCNC(CSC)Cc1c(Cl)c(CC)nn1C. The second kappa shape index (κ2) is 8.08. The minimum Gasteiger partial charge on any atom is -0.313 e. The molecule has 5 heteroatoms. The van der Waals surface area contributed by atoms with E-state index in [1.54, 1.807) is 0 Å². The molecule has 1 rings (SSSR count). The van der Waals surface area contributed by atoms with Gasteiger partial charge in [-0.15, -0.1) is 0 Å². The standard InChI is InChI=1S/C13H24ClN3S/c1-5-7-15-10(9-18-4)8-12-13(14)11(6-2)16-17(12)3/h10,15H,5-9H2,1-4H3. The number of aryl methyl sites for hydroxylation is 2. The van der Waals surface area contributed by atoms with Gasteiger partial charge in [0.25, 0.3) is 0 Å². The summed E-state index contributed by atoms with van der Waals surface area (Å²) in [6, 6.07) is 0.470. The lowest BCUT2D eigenvalue weighted by Gasteiger charge is -2.17. The Morgan fingerprint density at radius 3 is 2.67 bits per heavy atom. The Morgan fingerprint density at radius 1 is 1.44 bits per heavy atom. The highest BCUT2D eigenvalue weighted by Gasteiger charge is 2.17. The fourth-order valence-corrected chi connectivity index (χ4v) is 3.02. The van der Waals surface area contributed by atoms with Gasteiger partial charge in [-0.3, -0.25) is 4.68 Å². The number of nitrogens with zero attached hydrogens (tertiary/aromatic N) is 2. The van der Waals surface area contributed by atoms with Crippen molar-refractivity contribution in [2.45, 2.75) is 39.2 Å². The average Bonchev–Trinajstić information content (AvgIpc) is 2.63. The van der Waals surface area contributed by atoms with Crippen molar-refractivity contribution in [3.63, 3.8) is 0 Å². The van der Waals surface area contributed by atoms with Gasteiger partial charge in [0.15, 0.2) is 0 Å². The summed E-state index contributed by atoms with van der Waals surface area (Å²) in [7, 11) is 1.98. The number of hydrogen-bond acceptors (Lipinski definition) is 3. The quantitative estimate of drug-likeness (QED) is 0.798. The van der Waals surface area contributed by atoms with Crippen LogP contribution in [0.3, 0.4) is 0 Å². The fourth-order valence-electron chi connectivity index (χ4n) is 2.01. The van der Waals surface area contributed by atoms with E-state index >= 15 is 0 Å². The number of aromatic nitrogens is 2. The predicted molar refractivity (Wildman–Crippen MR) is 81.8 cm³/mol. The smallest absolute Gasteiger partial charge is 0.0850 e. The first kappa shape index (κ1) is 15.9. The van der Waals surface area contributed by atoms with E-state index in [1.807, 2.05) is 23.5 Å². The van der Waals surface area contributed by atoms with Crippen LogP contribution in [0.4, 0.5) is 0 Å². The van der Waals surface area contributed by atoms with Gasteiger partial charge < -0.3 is 5.32 Å². The Kier molecular flexibility index (Phi) is 7.12. The van der Waals surface area contributed by atoms with Crippen LogP contribution < -0.4 is 5.32 Å². The second-order valence-corrected chi connectivity index (χ2v) is 5.78. The molecule has 0 radical (unpaired) electrons. The first-order chi connectivity index (χ1) is 8.63. The zero-order chi connectivity index (χ0) is 13.5. The summed E-state index contributed by atoms with van der Waals surface area (Å²) in [6.07, 6.45) is 5.14. The zero-order valence-electron chi connectivity index (χ0n) is 11.8. The van der Waals surface area contributed by atoms with Gasteiger partial charge >= 0.3 is 0 Å². The minimum atomic E-state index is 0.470. The molecule has 18 heavy (non-hydrogen) atoms. The van der Waals surface area contributed by atoms with Crippen LogP contribution in [0.5, 0.6) is 0 Å². The molecule has 1 unspecified atom stereocenters. The normalized spacial score (nSPS) is 12.9. The van der Waals surface area contributed by atoms with Crippen LogP contribution in [0.1, 0.15) is 31.7 Å². The Morgan fingerprint density at radius 2 is 2.17 bits per heavy atom. The van der Waals surface area contributed by atoms with Crippen LogP contribution in [-0.4, -0.2) is 34.4 Å². The fraction of sp³-hybridized carbons (Fsp3) is 0.769. The van der Waals surface area contributed by atoms with Crippen molar-refractivity contribution in [3.8, 4) is 0 Å². The topological polar surface area (TPSA) is 29.9 Å². The van der Waals surface area contributed by atoms with Gasteiger partial charge in [-0.1, -0.05) is 25.4 Å². The highest BCUT2D eigenvalue weighted by molar-refractivity contribution is 7.98. The molecule has 1 heterocycles. The van der Waals surface area contributed by atoms with Crippen molar-refractivity contribution in [2.75, 3.05) is 18.6 Å². The third-order valence-electron chi connectivity index (χ3n) is 2.99. The second-order valence-electron chi connectivity index (χ2n) is 4.50. The molecule has 1 N–H and O–H groups in total. The molecule has 0 aliphatic carbocycles.